The lowest BCUT2D eigenvalue weighted by atomic mass is 9.98. The summed E-state index contributed by atoms with van der Waals surface area (Å²) in [4.78, 5) is 50.8. The second kappa shape index (κ2) is 9.61. The highest BCUT2D eigenvalue weighted by molar-refractivity contribution is 8.14. The molecule has 4 heterocycles. The molecule has 4 rings (SSSR count). The van der Waals surface area contributed by atoms with Crippen LogP contribution in [0.15, 0.2) is 26.8 Å². The van der Waals surface area contributed by atoms with E-state index < -0.39 is 22.1 Å². The lowest BCUT2D eigenvalue weighted by molar-refractivity contribution is -0.146. The smallest absolute Gasteiger partial charge is 0.352 e. The van der Waals surface area contributed by atoms with Crippen molar-refractivity contribution in [1.29, 1.82) is 0 Å². The number of amides is 2. The summed E-state index contributed by atoms with van der Waals surface area (Å²) in [6.45, 7) is 1.43. The fourth-order valence-corrected chi connectivity index (χ4v) is 7.09. The van der Waals surface area contributed by atoms with Gasteiger partial charge in [-0.15, -0.1) is 11.3 Å². The SMILES string of the molecule is CON=CC(=O)NC1(c2csc(N)n2)S[C@H]2CC(=O)N2C(C(=O)O)=C1CSC1=NCCCN1. The third kappa shape index (κ3) is 4.52. The number of fused-ring (bicyclic) bond motifs is 1. The van der Waals surface area contributed by atoms with Gasteiger partial charge in [0.05, 0.1) is 17.5 Å². The molecule has 0 saturated carbocycles. The average molecular weight is 512 g/mol. The maximum absolute atomic E-state index is 12.8. The maximum atomic E-state index is 12.8. The monoisotopic (exact) mass is 511 g/mol. The van der Waals surface area contributed by atoms with Crippen LogP contribution in [-0.2, 0) is 24.1 Å². The number of anilines is 1. The van der Waals surface area contributed by atoms with Gasteiger partial charge in [-0.1, -0.05) is 28.7 Å². The number of nitrogens with zero attached hydrogens (tertiary/aromatic N) is 4. The van der Waals surface area contributed by atoms with Crippen molar-refractivity contribution in [3.05, 3.63) is 22.3 Å². The van der Waals surface area contributed by atoms with Crippen molar-refractivity contribution in [1.82, 2.24) is 20.5 Å². The molecule has 0 spiro atoms. The molecule has 1 saturated heterocycles. The van der Waals surface area contributed by atoms with Crippen LogP contribution < -0.4 is 16.4 Å². The number of nitrogen functional groups attached to an aromatic ring is 1. The van der Waals surface area contributed by atoms with Gasteiger partial charge in [0.15, 0.2) is 15.2 Å². The van der Waals surface area contributed by atoms with E-state index >= 15 is 0 Å². The zero-order chi connectivity index (χ0) is 23.6. The second-order valence-electron chi connectivity index (χ2n) is 7.09. The number of aromatic nitrogens is 1. The number of carboxylic acids is 1. The molecule has 0 aliphatic carbocycles. The summed E-state index contributed by atoms with van der Waals surface area (Å²) < 4.78 is 0. The first kappa shape index (κ1) is 23.4. The van der Waals surface area contributed by atoms with Crippen molar-refractivity contribution in [2.24, 2.45) is 10.1 Å². The number of thiazole rings is 1. The maximum Gasteiger partial charge on any atom is 0.352 e. The van der Waals surface area contributed by atoms with Crippen LogP contribution in [0, 0.1) is 0 Å². The summed E-state index contributed by atoms with van der Waals surface area (Å²) in [6, 6.07) is 0. The third-order valence-electron chi connectivity index (χ3n) is 5.05. The highest BCUT2D eigenvalue weighted by Crippen LogP contribution is 2.54. The summed E-state index contributed by atoms with van der Waals surface area (Å²) in [5, 5.41) is 21.8. The van der Waals surface area contributed by atoms with Crippen LogP contribution in [-0.4, -0.2) is 75.5 Å². The van der Waals surface area contributed by atoms with Gasteiger partial charge in [0.2, 0.25) is 5.91 Å². The second-order valence-corrected chi connectivity index (χ2v) is 10.3. The third-order valence-corrected chi connectivity index (χ3v) is 8.26. The quantitative estimate of drug-likeness (QED) is 0.227. The number of nitrogens with one attached hydrogen (secondary N) is 2. The van der Waals surface area contributed by atoms with Crippen LogP contribution in [0.3, 0.4) is 0 Å². The molecule has 3 aliphatic rings. The average Bonchev–Trinajstić information content (AvgIpc) is 3.23. The Kier molecular flexibility index (Phi) is 6.81. The standard InChI is InChI=1S/C18H21N7O5S3/c1-30-22-6-11(26)24-18(10-8-31-16(19)23-10)9(7-32-17-20-3-2-4-21-17)14(15(28)29)25-12(27)5-13(25)33-18/h6,8,13H,2-5,7H2,1H3,(H2,19,23)(H,20,21)(H,24,26)(H,28,29)/t13-,18?/m0/s1. The summed E-state index contributed by atoms with van der Waals surface area (Å²) in [7, 11) is 1.30. The van der Waals surface area contributed by atoms with Crippen molar-refractivity contribution in [2.45, 2.75) is 23.1 Å². The highest BCUT2D eigenvalue weighted by atomic mass is 32.2. The van der Waals surface area contributed by atoms with Crippen molar-refractivity contribution in [3.63, 3.8) is 0 Å². The van der Waals surface area contributed by atoms with Gasteiger partial charge in [-0.3, -0.25) is 19.5 Å². The minimum atomic E-state index is -1.39. The molecule has 15 heteroatoms. The molecule has 0 radical (unpaired) electrons. The molecule has 0 aromatic carbocycles. The molecule has 1 unspecified atom stereocenters. The Labute approximate surface area is 201 Å². The van der Waals surface area contributed by atoms with E-state index in [0.29, 0.717) is 23.0 Å². The van der Waals surface area contributed by atoms with Crippen LogP contribution in [0.4, 0.5) is 5.13 Å². The molecule has 1 fully saturated rings. The molecule has 176 valence electrons. The fourth-order valence-electron chi connectivity index (χ4n) is 3.63. The number of amidine groups is 1. The molecule has 33 heavy (non-hydrogen) atoms. The summed E-state index contributed by atoms with van der Waals surface area (Å²) in [5.41, 5.74) is 6.40. The molecule has 12 nitrogen and oxygen atoms in total. The Morgan fingerprint density at radius 3 is 3.00 bits per heavy atom. The van der Waals surface area contributed by atoms with E-state index in [2.05, 4.69) is 30.6 Å². The number of carbonyl (C=O) groups is 3. The van der Waals surface area contributed by atoms with E-state index in [1.165, 1.54) is 46.9 Å². The zero-order valence-electron chi connectivity index (χ0n) is 17.4. The Morgan fingerprint density at radius 1 is 1.58 bits per heavy atom. The van der Waals surface area contributed by atoms with Gasteiger partial charge >= 0.3 is 5.97 Å². The number of hydrogen-bond donors (Lipinski definition) is 4. The number of nitrogens with two attached hydrogens (primary N) is 1. The molecular formula is C18H21N7O5S3. The van der Waals surface area contributed by atoms with E-state index in [9.17, 15) is 19.5 Å². The number of hydrogen-bond acceptors (Lipinski definition) is 12. The Morgan fingerprint density at radius 2 is 2.39 bits per heavy atom. The molecule has 5 N–H and O–H groups in total. The zero-order valence-corrected chi connectivity index (χ0v) is 19.9. The summed E-state index contributed by atoms with van der Waals surface area (Å²) >= 11 is 3.71. The van der Waals surface area contributed by atoms with Crippen LogP contribution in [0.2, 0.25) is 0 Å². The minimum Gasteiger partial charge on any atom is -0.477 e. The first-order valence-electron chi connectivity index (χ1n) is 9.83. The number of oxime groups is 1. The Bertz CT molecular complexity index is 1070. The van der Waals surface area contributed by atoms with Gasteiger partial charge in [-0.25, -0.2) is 9.78 Å². The molecule has 3 aliphatic heterocycles. The number of thioether (sulfide) groups is 2. The molecule has 1 aromatic heterocycles. The predicted molar refractivity (Wildman–Crippen MR) is 127 cm³/mol. The first-order valence-corrected chi connectivity index (χ1v) is 12.6. The molecule has 1 aromatic rings. The largest absolute Gasteiger partial charge is 0.477 e. The van der Waals surface area contributed by atoms with Crippen molar-refractivity contribution < 1.29 is 24.3 Å². The van der Waals surface area contributed by atoms with Gasteiger partial charge in [-0.2, -0.15) is 0 Å². The molecular weight excluding hydrogens is 490 g/mol. The number of aliphatic carboxylic acids is 1. The Balaban J connectivity index is 1.84. The van der Waals surface area contributed by atoms with Crippen molar-refractivity contribution in [3.8, 4) is 0 Å². The van der Waals surface area contributed by atoms with E-state index in [-0.39, 0.29) is 28.9 Å². The number of rotatable bonds is 7. The van der Waals surface area contributed by atoms with E-state index in [0.717, 1.165) is 19.2 Å². The number of β-lactam (4-membered cyclic amide) rings is 1. The number of carboxylic acid groups (broad SMARTS) is 1. The topological polar surface area (TPSA) is 172 Å². The molecule has 2 atom stereocenters. The van der Waals surface area contributed by atoms with Gasteiger partial charge < -0.3 is 26.3 Å². The van der Waals surface area contributed by atoms with Crippen LogP contribution in [0.1, 0.15) is 18.5 Å². The first-order chi connectivity index (χ1) is 15.9. The van der Waals surface area contributed by atoms with Gasteiger partial charge in [0.25, 0.3) is 5.91 Å². The van der Waals surface area contributed by atoms with E-state index in [1.807, 2.05) is 0 Å². The van der Waals surface area contributed by atoms with Crippen molar-refractivity contribution in [2.75, 3.05) is 31.7 Å². The van der Waals surface area contributed by atoms with Crippen LogP contribution in [0.25, 0.3) is 0 Å². The lowest BCUT2D eigenvalue weighted by Crippen LogP contribution is -2.61. The van der Waals surface area contributed by atoms with Crippen LogP contribution in [0.5, 0.6) is 0 Å². The fraction of sp³-hybridized carbons (Fsp3) is 0.444. The highest BCUT2D eigenvalue weighted by Gasteiger charge is 2.56. The molecule has 2 amide bonds. The summed E-state index contributed by atoms with van der Waals surface area (Å²) in [6.07, 6.45) is 2.00. The normalized spacial score (nSPS) is 24.6. The number of aliphatic imine (C=N–C) groups is 1. The molecule has 0 bridgehead atoms. The van der Waals surface area contributed by atoms with Crippen molar-refractivity contribution >= 4 is 69.2 Å². The van der Waals surface area contributed by atoms with Gasteiger partial charge in [0, 0.05) is 29.8 Å². The lowest BCUT2D eigenvalue weighted by Gasteiger charge is -2.51. The van der Waals surface area contributed by atoms with Gasteiger partial charge in [-0.05, 0) is 6.42 Å². The predicted octanol–water partition coefficient (Wildman–Crippen LogP) is 0.353. The Hall–Kier alpha value is -2.78. The van der Waals surface area contributed by atoms with Gasteiger partial charge in [0.1, 0.15) is 19.0 Å². The van der Waals surface area contributed by atoms with Crippen LogP contribution >= 0.6 is 34.9 Å². The minimum absolute atomic E-state index is 0.135. The summed E-state index contributed by atoms with van der Waals surface area (Å²) in [5.74, 6) is -2.04. The van der Waals surface area contributed by atoms with E-state index in [1.54, 1.807) is 5.38 Å². The number of carbonyl (C=O) groups excluding carboxylic acids is 2. The van der Waals surface area contributed by atoms with E-state index in [4.69, 9.17) is 5.73 Å².